The van der Waals surface area contributed by atoms with Crippen molar-refractivity contribution >= 4 is 23.3 Å². The van der Waals surface area contributed by atoms with Gasteiger partial charge in [-0.25, -0.2) is 4.39 Å². The molecule has 2 aliphatic heterocycles. The topological polar surface area (TPSA) is 101 Å². The fraction of sp³-hybridized carbons (Fsp3) is 0.379. The van der Waals surface area contributed by atoms with Crippen molar-refractivity contribution in [1.82, 2.24) is 29.9 Å². The Hall–Kier alpha value is -4.05. The Balaban J connectivity index is 1.14. The molecule has 0 bridgehead atoms. The van der Waals surface area contributed by atoms with Crippen molar-refractivity contribution < 1.29 is 4.39 Å². The Bertz CT molecular complexity index is 1520. The minimum absolute atomic E-state index is 0.0991. The third-order valence-electron chi connectivity index (χ3n) is 8.25. The van der Waals surface area contributed by atoms with E-state index in [0.717, 1.165) is 62.3 Å². The first kappa shape index (κ1) is 24.0. The summed E-state index contributed by atoms with van der Waals surface area (Å²) in [6, 6.07) is 16.1. The van der Waals surface area contributed by atoms with Crippen LogP contribution in [-0.4, -0.2) is 62.1 Å². The van der Waals surface area contributed by atoms with Crippen molar-refractivity contribution in [2.75, 3.05) is 42.1 Å². The standard InChI is InChI=1S/C29H32FN9/c30-24-17-21(11-12-25(24)38-15-14-37-13-4-3-9-22(37)18-38)32-29-33-28(31)36-39(29)26-16-20-8-5-7-19-6-1-2-10-23(19)27(20)35-34-26/h1-2,6,10-12,16-17,22H,3-5,7-9,13-15,18H2,(H3,31,32,33,36). The lowest BCUT2D eigenvalue weighted by Gasteiger charge is -2.45. The molecule has 4 aromatic rings. The number of halogens is 1. The van der Waals surface area contributed by atoms with Gasteiger partial charge in [-0.15, -0.1) is 15.3 Å². The van der Waals surface area contributed by atoms with Crippen LogP contribution in [0, 0.1) is 5.82 Å². The first-order chi connectivity index (χ1) is 19.1. The summed E-state index contributed by atoms with van der Waals surface area (Å²) < 4.78 is 16.9. The number of rotatable bonds is 4. The van der Waals surface area contributed by atoms with Gasteiger partial charge in [0.15, 0.2) is 5.82 Å². The smallest absolute Gasteiger partial charge is 0.241 e. The molecule has 9 nitrogen and oxygen atoms in total. The summed E-state index contributed by atoms with van der Waals surface area (Å²) in [7, 11) is 0. The van der Waals surface area contributed by atoms with Crippen LogP contribution >= 0.6 is 0 Å². The molecular weight excluding hydrogens is 493 g/mol. The first-order valence-electron chi connectivity index (χ1n) is 13.9. The molecule has 200 valence electrons. The number of aromatic nitrogens is 5. The van der Waals surface area contributed by atoms with E-state index in [2.05, 4.69) is 53.6 Å². The minimum Gasteiger partial charge on any atom is -0.366 e. The summed E-state index contributed by atoms with van der Waals surface area (Å²) in [6.07, 6.45) is 6.63. The molecule has 1 aliphatic carbocycles. The van der Waals surface area contributed by atoms with Crippen LogP contribution in [0.5, 0.6) is 0 Å². The summed E-state index contributed by atoms with van der Waals surface area (Å²) in [5.41, 5.74) is 11.6. The van der Waals surface area contributed by atoms with Crippen LogP contribution in [-0.2, 0) is 12.8 Å². The number of nitrogens with zero attached hydrogens (tertiary/aromatic N) is 7. The van der Waals surface area contributed by atoms with Gasteiger partial charge in [-0.3, -0.25) is 4.90 Å². The van der Waals surface area contributed by atoms with Crippen LogP contribution in [0.25, 0.3) is 17.1 Å². The van der Waals surface area contributed by atoms with E-state index in [4.69, 9.17) is 5.73 Å². The number of piperazine rings is 1. The van der Waals surface area contributed by atoms with Crippen LogP contribution in [0.3, 0.4) is 0 Å². The molecule has 10 heteroatoms. The molecule has 3 N–H and O–H groups in total. The number of nitrogens with two attached hydrogens (primary N) is 1. The Labute approximate surface area is 226 Å². The fourth-order valence-corrected chi connectivity index (χ4v) is 6.29. The van der Waals surface area contributed by atoms with Gasteiger partial charge < -0.3 is 16.0 Å². The van der Waals surface area contributed by atoms with Gasteiger partial charge in [-0.1, -0.05) is 30.7 Å². The van der Waals surface area contributed by atoms with Gasteiger partial charge in [0.1, 0.15) is 5.82 Å². The second kappa shape index (κ2) is 9.92. The summed E-state index contributed by atoms with van der Waals surface area (Å²) in [5.74, 6) is 0.717. The number of nitrogen functional groups attached to an aromatic ring is 1. The predicted molar refractivity (Wildman–Crippen MR) is 150 cm³/mol. The average molecular weight is 526 g/mol. The quantitative estimate of drug-likeness (QED) is 0.406. The van der Waals surface area contributed by atoms with E-state index in [1.54, 1.807) is 0 Å². The van der Waals surface area contributed by atoms with Crippen LogP contribution in [0.1, 0.15) is 36.8 Å². The maximum atomic E-state index is 15.4. The third-order valence-corrected chi connectivity index (χ3v) is 8.25. The summed E-state index contributed by atoms with van der Waals surface area (Å²) in [5, 5.41) is 16.6. The molecule has 2 fully saturated rings. The van der Waals surface area contributed by atoms with Gasteiger partial charge in [0, 0.05) is 36.9 Å². The largest absolute Gasteiger partial charge is 0.366 e. The number of nitrogens with one attached hydrogen (secondary N) is 1. The zero-order chi connectivity index (χ0) is 26.3. The molecule has 0 saturated carbocycles. The number of anilines is 4. The maximum absolute atomic E-state index is 15.4. The van der Waals surface area contributed by atoms with E-state index in [-0.39, 0.29) is 11.8 Å². The van der Waals surface area contributed by atoms with Gasteiger partial charge in [0.05, 0.1) is 11.4 Å². The van der Waals surface area contributed by atoms with E-state index < -0.39 is 0 Å². The molecule has 1 unspecified atom stereocenters. The zero-order valence-corrected chi connectivity index (χ0v) is 21.9. The third kappa shape index (κ3) is 4.58. The molecule has 4 heterocycles. The zero-order valence-electron chi connectivity index (χ0n) is 21.9. The van der Waals surface area contributed by atoms with Crippen molar-refractivity contribution in [2.24, 2.45) is 0 Å². The molecule has 0 spiro atoms. The monoisotopic (exact) mass is 525 g/mol. The predicted octanol–water partition coefficient (Wildman–Crippen LogP) is 4.35. The fourth-order valence-electron chi connectivity index (χ4n) is 6.29. The Kier molecular flexibility index (Phi) is 6.11. The molecular formula is C29H32FN9. The number of fused-ring (bicyclic) bond motifs is 4. The molecule has 2 aromatic heterocycles. The normalized spacial score (nSPS) is 19.1. The number of piperidine rings is 1. The highest BCUT2D eigenvalue weighted by molar-refractivity contribution is 5.68. The second-order valence-electron chi connectivity index (χ2n) is 10.7. The van der Waals surface area contributed by atoms with Crippen molar-refractivity contribution in [3.8, 4) is 17.1 Å². The van der Waals surface area contributed by atoms with E-state index in [1.807, 2.05) is 24.3 Å². The maximum Gasteiger partial charge on any atom is 0.241 e. The van der Waals surface area contributed by atoms with Gasteiger partial charge in [0.2, 0.25) is 11.9 Å². The lowest BCUT2D eigenvalue weighted by Crippen LogP contribution is -2.55. The molecule has 1 atom stereocenters. The highest BCUT2D eigenvalue weighted by atomic mass is 19.1. The van der Waals surface area contributed by atoms with Gasteiger partial charge in [-0.2, -0.15) is 9.67 Å². The molecule has 2 aromatic carbocycles. The van der Waals surface area contributed by atoms with E-state index in [1.165, 1.54) is 35.6 Å². The van der Waals surface area contributed by atoms with E-state index in [0.29, 0.717) is 29.2 Å². The summed E-state index contributed by atoms with van der Waals surface area (Å²) in [4.78, 5) is 9.08. The van der Waals surface area contributed by atoms with E-state index in [9.17, 15) is 0 Å². The molecule has 0 radical (unpaired) electrons. The van der Waals surface area contributed by atoms with Crippen LogP contribution in [0.2, 0.25) is 0 Å². The number of hydrogen-bond acceptors (Lipinski definition) is 8. The first-order valence-corrected chi connectivity index (χ1v) is 13.9. The molecule has 39 heavy (non-hydrogen) atoms. The van der Waals surface area contributed by atoms with Crippen molar-refractivity contribution in [3.05, 3.63) is 65.5 Å². The molecule has 7 rings (SSSR count). The summed E-state index contributed by atoms with van der Waals surface area (Å²) >= 11 is 0. The molecule has 3 aliphatic rings. The van der Waals surface area contributed by atoms with Crippen LogP contribution < -0.4 is 16.0 Å². The van der Waals surface area contributed by atoms with Crippen molar-refractivity contribution in [1.29, 1.82) is 0 Å². The lowest BCUT2D eigenvalue weighted by atomic mass is 9.99. The van der Waals surface area contributed by atoms with Crippen molar-refractivity contribution in [3.63, 3.8) is 0 Å². The van der Waals surface area contributed by atoms with E-state index >= 15 is 4.39 Å². The molecule has 0 amide bonds. The average Bonchev–Trinajstić information content (AvgIpc) is 3.22. The lowest BCUT2D eigenvalue weighted by molar-refractivity contribution is 0.133. The summed E-state index contributed by atoms with van der Waals surface area (Å²) in [6.45, 7) is 3.86. The second-order valence-corrected chi connectivity index (χ2v) is 10.7. The number of aryl methyl sites for hydroxylation is 2. The highest BCUT2D eigenvalue weighted by Crippen LogP contribution is 2.32. The van der Waals surface area contributed by atoms with Gasteiger partial charge in [0.25, 0.3) is 0 Å². The Morgan fingerprint density at radius 1 is 0.923 bits per heavy atom. The van der Waals surface area contributed by atoms with Crippen LogP contribution in [0.15, 0.2) is 48.5 Å². The number of benzene rings is 2. The van der Waals surface area contributed by atoms with Gasteiger partial charge >= 0.3 is 0 Å². The van der Waals surface area contributed by atoms with Crippen LogP contribution in [0.4, 0.5) is 27.7 Å². The number of hydrogen-bond donors (Lipinski definition) is 2. The Morgan fingerprint density at radius 3 is 2.74 bits per heavy atom. The Morgan fingerprint density at radius 2 is 1.82 bits per heavy atom. The molecule has 2 saturated heterocycles. The van der Waals surface area contributed by atoms with Crippen molar-refractivity contribution in [2.45, 2.75) is 44.6 Å². The highest BCUT2D eigenvalue weighted by Gasteiger charge is 2.30. The SMILES string of the molecule is Nc1nc(Nc2ccc(N3CCN4CCCCC4C3)c(F)c2)n(-c2cc3c(nn2)-c2ccccc2CCC3)n1. The minimum atomic E-state index is -0.258. The van der Waals surface area contributed by atoms with Gasteiger partial charge in [-0.05, 0) is 74.0 Å².